The maximum Gasteiger partial charge on any atom is 0.302 e. The molecule has 0 bridgehead atoms. The highest BCUT2D eigenvalue weighted by Crippen LogP contribution is 2.39. The van der Waals surface area contributed by atoms with Gasteiger partial charge in [0.2, 0.25) is 0 Å². The summed E-state index contributed by atoms with van der Waals surface area (Å²) in [5, 5.41) is 10.1. The van der Waals surface area contributed by atoms with Gasteiger partial charge in [-0.3, -0.25) is 4.79 Å². The quantitative estimate of drug-likeness (QED) is 0.641. The van der Waals surface area contributed by atoms with Gasteiger partial charge in [-0.2, -0.15) is 0 Å². The van der Waals surface area contributed by atoms with E-state index in [0.717, 1.165) is 0 Å². The molecule has 3 unspecified atom stereocenters. The summed E-state index contributed by atoms with van der Waals surface area (Å²) in [6, 6.07) is 0. The molecule has 3 atom stereocenters. The van der Waals surface area contributed by atoms with Crippen LogP contribution in [0.3, 0.4) is 0 Å². The normalized spacial score (nSPS) is 29.1. The second-order valence-electron chi connectivity index (χ2n) is 7.09. The van der Waals surface area contributed by atoms with Crippen LogP contribution in [0.15, 0.2) is 0 Å². The predicted molar refractivity (Wildman–Crippen MR) is 77.5 cm³/mol. The number of aliphatic hydroxyl groups excluding tert-OH is 1. The summed E-state index contributed by atoms with van der Waals surface area (Å²) in [6.45, 7) is 12.4. The molecule has 5 heteroatoms. The van der Waals surface area contributed by atoms with Crippen LogP contribution in [0.5, 0.6) is 0 Å². The minimum atomic E-state index is -1.84. The molecule has 0 amide bonds. The number of rotatable bonds is 3. The zero-order chi connectivity index (χ0) is 14.8. The van der Waals surface area contributed by atoms with E-state index in [1.807, 2.05) is 0 Å². The van der Waals surface area contributed by atoms with Gasteiger partial charge in [0.25, 0.3) is 0 Å². The Hall–Kier alpha value is -0.393. The standard InChI is InChI=1S/C14H28O4Si/c1-10(15)17-12-7-11(16)8-13(9-12)18-19(5,6)14(2,3)4/h11-13,16H,7-9H2,1-6H3. The lowest BCUT2D eigenvalue weighted by Gasteiger charge is -2.42. The largest absolute Gasteiger partial charge is 0.462 e. The first-order valence-corrected chi connectivity index (χ1v) is 9.95. The van der Waals surface area contributed by atoms with Crippen molar-refractivity contribution in [2.75, 3.05) is 0 Å². The van der Waals surface area contributed by atoms with E-state index in [9.17, 15) is 9.90 Å². The van der Waals surface area contributed by atoms with E-state index in [4.69, 9.17) is 9.16 Å². The van der Waals surface area contributed by atoms with Crippen molar-refractivity contribution in [2.24, 2.45) is 0 Å². The van der Waals surface area contributed by atoms with Crippen LogP contribution in [0.1, 0.15) is 47.0 Å². The molecule has 1 N–H and O–H groups in total. The number of carbonyl (C=O) groups excluding carboxylic acids is 1. The third-order valence-electron chi connectivity index (χ3n) is 4.20. The molecule has 1 aliphatic rings. The highest BCUT2D eigenvalue weighted by Gasteiger charge is 2.41. The van der Waals surface area contributed by atoms with E-state index >= 15 is 0 Å². The third kappa shape index (κ3) is 4.89. The molecule has 0 saturated heterocycles. The molecule has 0 spiro atoms. The zero-order valence-corrected chi connectivity index (χ0v) is 14.0. The summed E-state index contributed by atoms with van der Waals surface area (Å²) >= 11 is 0. The lowest BCUT2D eigenvalue weighted by Crippen LogP contribution is -2.47. The van der Waals surface area contributed by atoms with Crippen LogP contribution in [0.2, 0.25) is 18.1 Å². The van der Waals surface area contributed by atoms with Crippen molar-refractivity contribution in [3.63, 3.8) is 0 Å². The van der Waals surface area contributed by atoms with Gasteiger partial charge >= 0.3 is 5.97 Å². The average Bonchev–Trinajstić information content (AvgIpc) is 2.11. The van der Waals surface area contributed by atoms with Crippen molar-refractivity contribution in [3.8, 4) is 0 Å². The minimum absolute atomic E-state index is 0.00556. The van der Waals surface area contributed by atoms with Crippen LogP contribution in [0, 0.1) is 0 Å². The van der Waals surface area contributed by atoms with E-state index in [-0.39, 0.29) is 23.2 Å². The van der Waals surface area contributed by atoms with E-state index in [0.29, 0.717) is 19.3 Å². The van der Waals surface area contributed by atoms with Crippen molar-refractivity contribution in [2.45, 2.75) is 83.4 Å². The first-order chi connectivity index (χ1) is 8.51. The fourth-order valence-corrected chi connectivity index (χ4v) is 3.59. The number of aliphatic hydroxyl groups is 1. The first kappa shape index (κ1) is 16.7. The Morgan fingerprint density at radius 3 is 2.16 bits per heavy atom. The van der Waals surface area contributed by atoms with Crippen molar-refractivity contribution in [1.82, 2.24) is 0 Å². The lowest BCUT2D eigenvalue weighted by molar-refractivity contribution is -0.151. The number of carbonyl (C=O) groups is 1. The second kappa shape index (κ2) is 5.93. The third-order valence-corrected chi connectivity index (χ3v) is 8.73. The Morgan fingerprint density at radius 2 is 1.68 bits per heavy atom. The highest BCUT2D eigenvalue weighted by atomic mass is 28.4. The van der Waals surface area contributed by atoms with Gasteiger partial charge < -0.3 is 14.3 Å². The monoisotopic (exact) mass is 288 g/mol. The maximum atomic E-state index is 11.0. The summed E-state index contributed by atoms with van der Waals surface area (Å²) in [4.78, 5) is 11.0. The van der Waals surface area contributed by atoms with Crippen LogP contribution >= 0.6 is 0 Å². The molecule has 0 aromatic heterocycles. The van der Waals surface area contributed by atoms with Crippen LogP contribution in [-0.4, -0.2) is 37.7 Å². The molecule has 1 rings (SSSR count). The van der Waals surface area contributed by atoms with Crippen molar-refractivity contribution < 1.29 is 19.1 Å². The Bertz CT molecular complexity index is 322. The second-order valence-corrected chi connectivity index (χ2v) is 11.8. The van der Waals surface area contributed by atoms with Gasteiger partial charge in [-0.15, -0.1) is 0 Å². The van der Waals surface area contributed by atoms with Gasteiger partial charge in [-0.1, -0.05) is 20.8 Å². The molecule has 0 radical (unpaired) electrons. The summed E-state index contributed by atoms with van der Waals surface area (Å²) in [6.07, 6.45) is 1.21. The van der Waals surface area contributed by atoms with Crippen molar-refractivity contribution in [1.29, 1.82) is 0 Å². The molecule has 0 aromatic carbocycles. The van der Waals surface area contributed by atoms with E-state index in [1.54, 1.807) is 0 Å². The van der Waals surface area contributed by atoms with Crippen molar-refractivity contribution >= 4 is 14.3 Å². The molecule has 0 aliphatic heterocycles. The van der Waals surface area contributed by atoms with E-state index < -0.39 is 14.4 Å². The molecular weight excluding hydrogens is 260 g/mol. The lowest BCUT2D eigenvalue weighted by atomic mass is 9.92. The summed E-state index contributed by atoms with van der Waals surface area (Å²) in [5.41, 5.74) is 0. The van der Waals surface area contributed by atoms with Crippen molar-refractivity contribution in [3.05, 3.63) is 0 Å². The first-order valence-electron chi connectivity index (χ1n) is 7.04. The zero-order valence-electron chi connectivity index (χ0n) is 13.0. The van der Waals surface area contributed by atoms with Gasteiger partial charge in [0.05, 0.1) is 12.2 Å². The van der Waals surface area contributed by atoms with Crippen LogP contribution in [0.25, 0.3) is 0 Å². The Labute approximate surface area is 117 Å². The summed E-state index contributed by atoms with van der Waals surface area (Å²) in [7, 11) is -1.84. The fourth-order valence-electron chi connectivity index (χ4n) is 2.21. The Kier molecular flexibility index (Phi) is 5.20. The highest BCUT2D eigenvalue weighted by molar-refractivity contribution is 6.74. The molecule has 1 saturated carbocycles. The number of hydrogen-bond acceptors (Lipinski definition) is 4. The Balaban J connectivity index is 2.65. The summed E-state index contributed by atoms with van der Waals surface area (Å²) < 4.78 is 11.5. The SMILES string of the molecule is CC(=O)OC1CC(O)CC(O[Si](C)(C)C(C)(C)C)C1. The molecular formula is C14H28O4Si. The van der Waals surface area contributed by atoms with Crippen LogP contribution in [0.4, 0.5) is 0 Å². The van der Waals surface area contributed by atoms with Crippen LogP contribution < -0.4 is 0 Å². The molecule has 112 valence electrons. The van der Waals surface area contributed by atoms with Gasteiger partial charge in [0.15, 0.2) is 8.32 Å². The molecule has 1 aliphatic carbocycles. The smallest absolute Gasteiger partial charge is 0.302 e. The minimum Gasteiger partial charge on any atom is -0.462 e. The molecule has 19 heavy (non-hydrogen) atoms. The van der Waals surface area contributed by atoms with E-state index in [1.165, 1.54) is 6.92 Å². The molecule has 0 aromatic rings. The van der Waals surface area contributed by atoms with Gasteiger partial charge in [0.1, 0.15) is 6.10 Å². The Morgan fingerprint density at radius 1 is 1.16 bits per heavy atom. The average molecular weight is 288 g/mol. The molecule has 4 nitrogen and oxygen atoms in total. The number of ether oxygens (including phenoxy) is 1. The van der Waals surface area contributed by atoms with Gasteiger partial charge in [-0.25, -0.2) is 0 Å². The molecule has 0 heterocycles. The predicted octanol–water partition coefficient (Wildman–Crippen LogP) is 2.85. The molecule has 1 fully saturated rings. The van der Waals surface area contributed by atoms with Gasteiger partial charge in [0, 0.05) is 19.8 Å². The summed E-state index contributed by atoms with van der Waals surface area (Å²) in [5.74, 6) is -0.287. The number of esters is 1. The fraction of sp³-hybridized carbons (Fsp3) is 0.929. The van der Waals surface area contributed by atoms with Crippen LogP contribution in [-0.2, 0) is 14.0 Å². The maximum absolute atomic E-state index is 11.0. The topological polar surface area (TPSA) is 55.8 Å². The number of hydrogen-bond donors (Lipinski definition) is 1. The van der Waals surface area contributed by atoms with Gasteiger partial charge in [-0.05, 0) is 24.6 Å². The van der Waals surface area contributed by atoms with E-state index in [2.05, 4.69) is 33.9 Å².